The largest absolute Gasteiger partial charge is 0.445 e. The molecule has 0 radical (unpaired) electrons. The lowest BCUT2D eigenvalue weighted by Gasteiger charge is -2.30. The summed E-state index contributed by atoms with van der Waals surface area (Å²) in [4.78, 5) is 48.3. The maximum atomic E-state index is 14.4. The van der Waals surface area contributed by atoms with E-state index >= 15 is 0 Å². The Morgan fingerprint density at radius 2 is 1.83 bits per heavy atom. The number of rotatable bonds is 7. The lowest BCUT2D eigenvalue weighted by Crippen LogP contribution is -2.58. The van der Waals surface area contributed by atoms with Crippen molar-refractivity contribution in [3.63, 3.8) is 0 Å². The van der Waals surface area contributed by atoms with E-state index in [0.717, 1.165) is 31.4 Å². The van der Waals surface area contributed by atoms with E-state index in [9.17, 15) is 22.8 Å². The van der Waals surface area contributed by atoms with Crippen LogP contribution in [0, 0.1) is 5.92 Å². The van der Waals surface area contributed by atoms with Crippen LogP contribution in [-0.2, 0) is 24.4 Å². The number of amides is 3. The van der Waals surface area contributed by atoms with Gasteiger partial charge in [-0.1, -0.05) is 55.3 Å². The number of anilines is 1. The first-order valence-electron chi connectivity index (χ1n) is 16.8. The molecular formula is C35H41N5O7S. The van der Waals surface area contributed by atoms with Gasteiger partial charge < -0.3 is 24.7 Å². The Kier molecular flexibility index (Phi) is 8.42. The van der Waals surface area contributed by atoms with E-state index in [4.69, 9.17) is 9.15 Å². The maximum absolute atomic E-state index is 14.4. The monoisotopic (exact) mass is 675 g/mol. The average Bonchev–Trinajstić information content (AvgIpc) is 3.87. The highest BCUT2D eigenvalue weighted by atomic mass is 32.2. The van der Waals surface area contributed by atoms with E-state index < -0.39 is 50.3 Å². The Morgan fingerprint density at radius 3 is 2.60 bits per heavy atom. The predicted molar refractivity (Wildman–Crippen MR) is 178 cm³/mol. The van der Waals surface area contributed by atoms with Gasteiger partial charge in [-0.25, -0.2) is 8.42 Å². The first-order valence-corrected chi connectivity index (χ1v) is 18.2. The fourth-order valence-electron chi connectivity index (χ4n) is 6.73. The molecule has 2 aliphatic heterocycles. The number of nitrogens with one attached hydrogen (secondary N) is 3. The Bertz CT molecular complexity index is 1810. The molecule has 3 fully saturated rings. The number of carbonyl (C=O) groups is 3. The molecule has 254 valence electrons. The number of carbonyl (C=O) groups excluding carboxylic acids is 3. The number of sulfonamides is 1. The second-order valence-electron chi connectivity index (χ2n) is 13.7. The van der Waals surface area contributed by atoms with Crippen LogP contribution >= 0.6 is 0 Å². The summed E-state index contributed by atoms with van der Waals surface area (Å²) in [6.45, 7) is 1.70. The number of oxazole rings is 1. The maximum Gasteiger partial charge on any atom is 0.394 e. The highest BCUT2D eigenvalue weighted by Gasteiger charge is 2.63. The third-order valence-corrected chi connectivity index (χ3v) is 12.3. The number of hydrogen-bond donors (Lipinski definition) is 3. The standard InChI is InChI=1S/C35H41N5O7S/c1-34(18-19-34)48(44,45)39-32(43)35-21-23(35)12-6-3-2-4-9-16-27(36-24-13-7-5-8-14-24)31(42)40-22-25(20-28(40)30(41)38-35)46-33-37-26-15-10-11-17-29(26)47-33/h5-8,10-15,17,23,25,27-28,36H,2-4,9,16,18-22H2,1H3,(H,38,41)(H,39,43)/b12-6-/t23-,25+,27-,28-,35+/m0/s1. The first kappa shape index (κ1) is 32.2. The molecule has 3 N–H and O–H groups in total. The number of benzene rings is 2. The number of ether oxygens (including phenoxy) is 1. The van der Waals surface area contributed by atoms with Crippen LogP contribution < -0.4 is 20.1 Å². The van der Waals surface area contributed by atoms with Crippen LogP contribution in [0.4, 0.5) is 5.69 Å². The Balaban J connectivity index is 1.18. The molecule has 3 aromatic rings. The van der Waals surface area contributed by atoms with Gasteiger partial charge in [-0.3, -0.25) is 19.1 Å². The summed E-state index contributed by atoms with van der Waals surface area (Å²) in [7, 11) is -3.93. The van der Waals surface area contributed by atoms with Gasteiger partial charge in [-0.15, -0.1) is 0 Å². The molecule has 12 nitrogen and oxygen atoms in total. The topological polar surface area (TPSA) is 160 Å². The highest BCUT2D eigenvalue weighted by Crippen LogP contribution is 2.47. The van der Waals surface area contributed by atoms with Crippen LogP contribution in [0.5, 0.6) is 6.08 Å². The number of nitrogens with zero attached hydrogens (tertiary/aromatic N) is 2. The quantitative estimate of drug-likeness (QED) is 0.314. The van der Waals surface area contributed by atoms with Crippen molar-refractivity contribution in [2.45, 2.75) is 93.2 Å². The third-order valence-electron chi connectivity index (χ3n) is 10.1. The Morgan fingerprint density at radius 1 is 1.06 bits per heavy atom. The molecule has 48 heavy (non-hydrogen) atoms. The molecule has 0 bridgehead atoms. The van der Waals surface area contributed by atoms with Gasteiger partial charge in [0.2, 0.25) is 21.8 Å². The second kappa shape index (κ2) is 12.6. The molecule has 13 heteroatoms. The van der Waals surface area contributed by atoms with Crippen molar-refractivity contribution in [1.29, 1.82) is 0 Å². The number of aromatic nitrogens is 1. The van der Waals surface area contributed by atoms with Crippen molar-refractivity contribution in [1.82, 2.24) is 19.9 Å². The summed E-state index contributed by atoms with van der Waals surface area (Å²) >= 11 is 0. The lowest BCUT2D eigenvalue weighted by atomic mass is 10.0. The lowest BCUT2D eigenvalue weighted by molar-refractivity contribution is -0.140. The molecule has 4 aliphatic rings. The summed E-state index contributed by atoms with van der Waals surface area (Å²) in [6, 6.07) is 15.1. The van der Waals surface area contributed by atoms with E-state index in [1.165, 1.54) is 4.90 Å². The van der Waals surface area contributed by atoms with Crippen LogP contribution in [0.25, 0.3) is 11.1 Å². The van der Waals surface area contributed by atoms with Crippen molar-refractivity contribution in [2.75, 3.05) is 11.9 Å². The smallest absolute Gasteiger partial charge is 0.394 e. The number of allylic oxidation sites excluding steroid dienone is 1. The van der Waals surface area contributed by atoms with Gasteiger partial charge in [0.25, 0.3) is 5.91 Å². The van der Waals surface area contributed by atoms with Crippen molar-refractivity contribution in [3.05, 3.63) is 66.7 Å². The fraction of sp³-hybridized carbons (Fsp3) is 0.486. The van der Waals surface area contributed by atoms with Crippen LogP contribution in [-0.4, -0.2) is 71.0 Å². The molecule has 2 saturated carbocycles. The minimum atomic E-state index is -3.93. The van der Waals surface area contributed by atoms with Crippen molar-refractivity contribution < 1.29 is 32.0 Å². The summed E-state index contributed by atoms with van der Waals surface area (Å²) < 4.78 is 39.3. The normalized spacial score (nSPS) is 29.4. The van der Waals surface area contributed by atoms with E-state index in [2.05, 4.69) is 20.3 Å². The molecule has 1 aromatic heterocycles. The van der Waals surface area contributed by atoms with Gasteiger partial charge in [-0.05, 0) is 69.7 Å². The Hall–Kier alpha value is -4.39. The highest BCUT2D eigenvalue weighted by molar-refractivity contribution is 7.91. The molecule has 0 spiro atoms. The molecular weight excluding hydrogens is 634 g/mol. The summed E-state index contributed by atoms with van der Waals surface area (Å²) in [5, 5.41) is 6.30. The van der Waals surface area contributed by atoms with Gasteiger partial charge in [0.1, 0.15) is 29.2 Å². The zero-order valence-electron chi connectivity index (χ0n) is 26.9. The van der Waals surface area contributed by atoms with Gasteiger partial charge in [0.15, 0.2) is 5.58 Å². The van der Waals surface area contributed by atoms with E-state index in [0.29, 0.717) is 30.4 Å². The molecule has 2 aromatic carbocycles. The molecule has 2 aliphatic carbocycles. The average molecular weight is 676 g/mol. The van der Waals surface area contributed by atoms with Crippen molar-refractivity contribution >= 4 is 44.5 Å². The minimum absolute atomic E-state index is 0.0396. The van der Waals surface area contributed by atoms with Gasteiger partial charge >= 0.3 is 6.08 Å². The second-order valence-corrected chi connectivity index (χ2v) is 15.9. The molecule has 5 atom stereocenters. The van der Waals surface area contributed by atoms with Crippen molar-refractivity contribution in [3.8, 4) is 6.08 Å². The minimum Gasteiger partial charge on any atom is -0.445 e. The van der Waals surface area contributed by atoms with E-state index in [1.54, 1.807) is 19.1 Å². The van der Waals surface area contributed by atoms with Crippen LogP contribution in [0.2, 0.25) is 0 Å². The number of para-hydroxylation sites is 3. The van der Waals surface area contributed by atoms with Gasteiger partial charge in [0, 0.05) is 18.0 Å². The summed E-state index contributed by atoms with van der Waals surface area (Å²) in [5.41, 5.74) is 0.522. The molecule has 1 saturated heterocycles. The van der Waals surface area contributed by atoms with Crippen LogP contribution in [0.15, 0.2) is 71.2 Å². The zero-order valence-corrected chi connectivity index (χ0v) is 27.7. The summed E-state index contributed by atoms with van der Waals surface area (Å²) in [6.07, 6.45) is 8.55. The summed E-state index contributed by atoms with van der Waals surface area (Å²) in [5.74, 6) is -1.92. The van der Waals surface area contributed by atoms with Crippen LogP contribution in [0.3, 0.4) is 0 Å². The van der Waals surface area contributed by atoms with Gasteiger partial charge in [0.05, 0.1) is 11.3 Å². The molecule has 3 heterocycles. The predicted octanol–water partition coefficient (Wildman–Crippen LogP) is 4.05. The molecule has 3 amide bonds. The van der Waals surface area contributed by atoms with E-state index in [-0.39, 0.29) is 37.3 Å². The van der Waals surface area contributed by atoms with E-state index in [1.807, 2.05) is 54.6 Å². The van der Waals surface area contributed by atoms with Gasteiger partial charge in [-0.2, -0.15) is 4.98 Å². The third kappa shape index (κ3) is 6.39. The number of hydrogen-bond acceptors (Lipinski definition) is 9. The molecule has 0 unspecified atom stereocenters. The molecule has 7 rings (SSSR count). The SMILES string of the molecule is CC1(S(=O)(=O)NC(=O)[C@@]23C[C@@H]2/C=C\CCCCC[C@H](Nc2ccccc2)C(=O)N2C[C@H](Oc4nc5ccccc5o4)C[C@H]2C(=O)N3)CC1. The fourth-order valence-corrected chi connectivity index (χ4v) is 8.04. The zero-order chi connectivity index (χ0) is 33.5. The first-order chi connectivity index (χ1) is 23.1. The van der Waals surface area contributed by atoms with Crippen LogP contribution in [0.1, 0.15) is 64.7 Å². The number of fused-ring (bicyclic) bond motifs is 3. The van der Waals surface area contributed by atoms with Crippen molar-refractivity contribution in [2.24, 2.45) is 5.92 Å². The Labute approximate surface area is 279 Å².